The normalized spacial score (nSPS) is 19.3. The Kier molecular flexibility index (Phi) is 6.63. The smallest absolute Gasteiger partial charge is 0.241 e. The van der Waals surface area contributed by atoms with E-state index in [0.29, 0.717) is 17.5 Å². The van der Waals surface area contributed by atoms with E-state index in [2.05, 4.69) is 24.5 Å². The minimum atomic E-state index is -0.482. The number of hydrogen-bond donors (Lipinski definition) is 2. The van der Waals surface area contributed by atoms with Gasteiger partial charge in [0.15, 0.2) is 0 Å². The van der Waals surface area contributed by atoms with Crippen molar-refractivity contribution in [3.63, 3.8) is 0 Å². The van der Waals surface area contributed by atoms with Crippen molar-refractivity contribution in [2.75, 3.05) is 20.1 Å². The Balaban J connectivity index is 2.22. The van der Waals surface area contributed by atoms with Crippen molar-refractivity contribution in [2.45, 2.75) is 38.8 Å². The second-order valence-corrected chi connectivity index (χ2v) is 7.04. The van der Waals surface area contributed by atoms with E-state index in [1.54, 1.807) is 19.2 Å². The number of carbonyl (C=O) groups excluding carboxylic acids is 2. The average Bonchev–Trinajstić information content (AvgIpc) is 3.03. The van der Waals surface area contributed by atoms with Gasteiger partial charge in [-0.1, -0.05) is 37.6 Å². The Bertz CT molecular complexity index is 574. The highest BCUT2D eigenvalue weighted by molar-refractivity contribution is 6.30. The molecular formula is C18H26ClN3O2. The molecule has 1 aliphatic heterocycles. The van der Waals surface area contributed by atoms with Crippen molar-refractivity contribution >= 4 is 23.4 Å². The fraction of sp³-hybridized carbons (Fsp3) is 0.556. The van der Waals surface area contributed by atoms with Gasteiger partial charge in [0.05, 0.1) is 6.04 Å². The molecule has 2 rings (SSSR count). The lowest BCUT2D eigenvalue weighted by atomic mass is 10.0. The second kappa shape index (κ2) is 8.49. The standard InChI is InChI=1S/C18H26ClN3O2/c1-12(2)11-21-17(23)15-5-4-10-22(15)16(18(24)20-3)13-6-8-14(19)9-7-13/h6-9,12,15-16H,4-5,10-11H2,1-3H3,(H,20,24)(H,21,23)/t15-,16+/m0/s1. The van der Waals surface area contributed by atoms with E-state index in [9.17, 15) is 9.59 Å². The van der Waals surface area contributed by atoms with E-state index >= 15 is 0 Å². The maximum absolute atomic E-state index is 12.6. The molecule has 0 spiro atoms. The average molecular weight is 352 g/mol. The first-order valence-corrected chi connectivity index (χ1v) is 8.82. The number of rotatable bonds is 6. The molecule has 1 aromatic rings. The van der Waals surface area contributed by atoms with E-state index in [-0.39, 0.29) is 17.9 Å². The number of nitrogens with one attached hydrogen (secondary N) is 2. The summed E-state index contributed by atoms with van der Waals surface area (Å²) < 4.78 is 0. The van der Waals surface area contributed by atoms with Crippen LogP contribution in [0.5, 0.6) is 0 Å². The summed E-state index contributed by atoms with van der Waals surface area (Å²) in [5, 5.41) is 6.34. The van der Waals surface area contributed by atoms with Crippen LogP contribution in [0.2, 0.25) is 5.02 Å². The summed E-state index contributed by atoms with van der Waals surface area (Å²) in [5.74, 6) is 0.291. The summed E-state index contributed by atoms with van der Waals surface area (Å²) in [7, 11) is 1.62. The lowest BCUT2D eigenvalue weighted by Crippen LogP contribution is -2.49. The van der Waals surface area contributed by atoms with Gasteiger partial charge in [0.25, 0.3) is 0 Å². The summed E-state index contributed by atoms with van der Waals surface area (Å²) in [6.45, 7) is 5.50. The molecule has 0 radical (unpaired) electrons. The Labute approximate surface area is 148 Å². The van der Waals surface area contributed by atoms with Crippen LogP contribution < -0.4 is 10.6 Å². The largest absolute Gasteiger partial charge is 0.358 e. The van der Waals surface area contributed by atoms with Crippen LogP contribution in [0.25, 0.3) is 0 Å². The van der Waals surface area contributed by atoms with Gasteiger partial charge in [0.1, 0.15) is 6.04 Å². The van der Waals surface area contributed by atoms with Gasteiger partial charge in [0.2, 0.25) is 11.8 Å². The quantitative estimate of drug-likeness (QED) is 0.827. The van der Waals surface area contributed by atoms with Crippen molar-refractivity contribution in [1.29, 1.82) is 0 Å². The fourth-order valence-electron chi connectivity index (χ4n) is 3.08. The van der Waals surface area contributed by atoms with E-state index < -0.39 is 6.04 Å². The first-order valence-electron chi connectivity index (χ1n) is 8.44. The van der Waals surface area contributed by atoms with E-state index in [0.717, 1.165) is 24.9 Å². The van der Waals surface area contributed by atoms with Crippen molar-refractivity contribution in [1.82, 2.24) is 15.5 Å². The highest BCUT2D eigenvalue weighted by atomic mass is 35.5. The second-order valence-electron chi connectivity index (χ2n) is 6.60. The molecule has 1 aromatic carbocycles. The van der Waals surface area contributed by atoms with Crippen LogP contribution in [0.3, 0.4) is 0 Å². The summed E-state index contributed by atoms with van der Waals surface area (Å²) >= 11 is 5.96. The third-order valence-electron chi connectivity index (χ3n) is 4.29. The Morgan fingerprint density at radius 1 is 1.29 bits per heavy atom. The lowest BCUT2D eigenvalue weighted by Gasteiger charge is -2.31. The third-order valence-corrected chi connectivity index (χ3v) is 4.55. The van der Waals surface area contributed by atoms with Gasteiger partial charge in [-0.15, -0.1) is 0 Å². The summed E-state index contributed by atoms with van der Waals surface area (Å²) in [4.78, 5) is 27.1. The van der Waals surface area contributed by atoms with Gasteiger partial charge in [-0.25, -0.2) is 0 Å². The first kappa shape index (κ1) is 18.7. The number of benzene rings is 1. The molecule has 24 heavy (non-hydrogen) atoms. The molecule has 5 nitrogen and oxygen atoms in total. The molecule has 1 saturated heterocycles. The molecule has 0 unspecified atom stereocenters. The Hall–Kier alpha value is -1.59. The van der Waals surface area contributed by atoms with Gasteiger partial charge in [-0.2, -0.15) is 0 Å². The summed E-state index contributed by atoms with van der Waals surface area (Å²) in [5.41, 5.74) is 0.849. The number of carbonyl (C=O) groups is 2. The minimum Gasteiger partial charge on any atom is -0.358 e. The SMILES string of the molecule is CNC(=O)[C@@H](c1ccc(Cl)cc1)N1CCC[C@H]1C(=O)NCC(C)C. The van der Waals surface area contributed by atoms with E-state index in [4.69, 9.17) is 11.6 Å². The van der Waals surface area contributed by atoms with Crippen molar-refractivity contribution in [3.8, 4) is 0 Å². The third kappa shape index (κ3) is 4.48. The zero-order chi connectivity index (χ0) is 17.7. The van der Waals surface area contributed by atoms with Crippen molar-refractivity contribution < 1.29 is 9.59 Å². The van der Waals surface area contributed by atoms with Gasteiger partial charge in [0, 0.05) is 25.2 Å². The molecule has 6 heteroatoms. The van der Waals surface area contributed by atoms with E-state index in [1.165, 1.54) is 0 Å². The molecule has 2 amide bonds. The van der Waals surface area contributed by atoms with Crippen LogP contribution in [0.15, 0.2) is 24.3 Å². The van der Waals surface area contributed by atoms with Gasteiger partial charge in [-0.05, 0) is 36.5 Å². The molecule has 132 valence electrons. The Morgan fingerprint density at radius 2 is 1.96 bits per heavy atom. The predicted octanol–water partition coefficient (Wildman–Crippen LogP) is 2.36. The Morgan fingerprint density at radius 3 is 2.54 bits per heavy atom. The van der Waals surface area contributed by atoms with Gasteiger partial charge >= 0.3 is 0 Å². The lowest BCUT2D eigenvalue weighted by molar-refractivity contribution is -0.131. The number of nitrogens with zero attached hydrogens (tertiary/aromatic N) is 1. The summed E-state index contributed by atoms with van der Waals surface area (Å²) in [6, 6.07) is 6.49. The molecule has 1 aliphatic rings. The van der Waals surface area contributed by atoms with Gasteiger partial charge < -0.3 is 10.6 Å². The van der Waals surface area contributed by atoms with Crippen LogP contribution in [0.1, 0.15) is 38.3 Å². The maximum atomic E-state index is 12.6. The van der Waals surface area contributed by atoms with Crippen molar-refractivity contribution in [3.05, 3.63) is 34.9 Å². The van der Waals surface area contributed by atoms with Crippen LogP contribution in [-0.2, 0) is 9.59 Å². The minimum absolute atomic E-state index is 0.00377. The molecule has 1 heterocycles. The predicted molar refractivity (Wildman–Crippen MR) is 95.8 cm³/mol. The number of amides is 2. The molecule has 2 N–H and O–H groups in total. The summed E-state index contributed by atoms with van der Waals surface area (Å²) in [6.07, 6.45) is 1.67. The topological polar surface area (TPSA) is 61.4 Å². The van der Waals surface area contributed by atoms with Gasteiger partial charge in [-0.3, -0.25) is 14.5 Å². The molecular weight excluding hydrogens is 326 g/mol. The fourth-order valence-corrected chi connectivity index (χ4v) is 3.20. The number of likely N-dealkylation sites (tertiary alicyclic amines) is 1. The molecule has 2 atom stereocenters. The highest BCUT2D eigenvalue weighted by Gasteiger charge is 2.39. The number of halogens is 1. The monoisotopic (exact) mass is 351 g/mol. The van der Waals surface area contributed by atoms with E-state index in [1.807, 2.05) is 17.0 Å². The number of likely N-dealkylation sites (N-methyl/N-ethyl adjacent to an activating group) is 1. The van der Waals surface area contributed by atoms with Crippen LogP contribution in [-0.4, -0.2) is 42.9 Å². The highest BCUT2D eigenvalue weighted by Crippen LogP contribution is 2.30. The molecule has 0 bridgehead atoms. The van der Waals surface area contributed by atoms with Crippen LogP contribution in [0.4, 0.5) is 0 Å². The molecule has 0 saturated carbocycles. The molecule has 1 fully saturated rings. The molecule has 0 aromatic heterocycles. The molecule has 0 aliphatic carbocycles. The van der Waals surface area contributed by atoms with Crippen molar-refractivity contribution in [2.24, 2.45) is 5.92 Å². The zero-order valence-corrected chi connectivity index (χ0v) is 15.3. The maximum Gasteiger partial charge on any atom is 0.241 e. The zero-order valence-electron chi connectivity index (χ0n) is 14.5. The van der Waals surface area contributed by atoms with Crippen LogP contribution >= 0.6 is 11.6 Å². The number of hydrogen-bond acceptors (Lipinski definition) is 3. The first-order chi connectivity index (χ1) is 11.4. The van der Waals surface area contributed by atoms with Crippen LogP contribution in [0, 0.1) is 5.92 Å².